The molecule has 2 heterocycles. The van der Waals surface area contributed by atoms with E-state index in [9.17, 15) is 1.37 Å². The van der Waals surface area contributed by atoms with Gasteiger partial charge >= 0.3 is 0 Å². The standard InChI is InChI=1S/C34H22N2/c1-2-9-22(10-3-1)24-12-8-13-25(19-24)36-32-18-17-23-11-4-5-14-26(23)34(32)29-20-28-27-15-6-7-16-30(27)35-31(28)21-33(29)36/h1-21,35H/i8D,12D,13D,19D. The summed E-state index contributed by atoms with van der Waals surface area (Å²) in [6, 6.07) is 33.9. The molecule has 0 radical (unpaired) electrons. The highest BCUT2D eigenvalue weighted by molar-refractivity contribution is 6.25. The van der Waals surface area contributed by atoms with E-state index in [1.165, 1.54) is 0 Å². The van der Waals surface area contributed by atoms with Gasteiger partial charge in [-0.15, -0.1) is 0 Å². The van der Waals surface area contributed by atoms with E-state index in [-0.39, 0.29) is 24.2 Å². The number of H-pyrrole nitrogens is 1. The molecule has 0 saturated carbocycles. The molecule has 0 aliphatic rings. The molecule has 168 valence electrons. The number of rotatable bonds is 2. The second-order valence-corrected chi connectivity index (χ2v) is 9.19. The van der Waals surface area contributed by atoms with Gasteiger partial charge in [0.1, 0.15) is 0 Å². The molecule has 0 spiro atoms. The Hall–Kier alpha value is -4.82. The monoisotopic (exact) mass is 462 g/mol. The van der Waals surface area contributed by atoms with E-state index in [2.05, 4.69) is 47.4 Å². The van der Waals surface area contributed by atoms with Crippen molar-refractivity contribution in [3.8, 4) is 16.8 Å². The average molecular weight is 463 g/mol. The first-order chi connectivity index (χ1) is 19.5. The Morgan fingerprint density at radius 2 is 1.39 bits per heavy atom. The molecule has 2 heteroatoms. The van der Waals surface area contributed by atoms with E-state index < -0.39 is 0 Å². The van der Waals surface area contributed by atoms with Crippen LogP contribution in [0.5, 0.6) is 0 Å². The maximum atomic E-state index is 9.35. The fourth-order valence-corrected chi connectivity index (χ4v) is 5.57. The van der Waals surface area contributed by atoms with E-state index in [4.69, 9.17) is 4.11 Å². The van der Waals surface area contributed by atoms with Crippen LogP contribution in [0.3, 0.4) is 0 Å². The zero-order chi connectivity index (χ0) is 27.1. The zero-order valence-corrected chi connectivity index (χ0v) is 19.3. The van der Waals surface area contributed by atoms with Gasteiger partial charge in [0, 0.05) is 38.3 Å². The number of benzene rings is 6. The number of hydrogen-bond donors (Lipinski definition) is 1. The van der Waals surface area contributed by atoms with Crippen LogP contribution in [-0.2, 0) is 0 Å². The molecule has 0 fully saturated rings. The first-order valence-corrected chi connectivity index (χ1v) is 12.1. The number of aromatic amines is 1. The van der Waals surface area contributed by atoms with Crippen LogP contribution in [0.15, 0.2) is 127 Å². The van der Waals surface area contributed by atoms with Crippen LogP contribution in [0.25, 0.3) is 71.2 Å². The van der Waals surface area contributed by atoms with Crippen molar-refractivity contribution in [1.82, 2.24) is 9.55 Å². The molecular formula is C34H22N2. The van der Waals surface area contributed by atoms with Gasteiger partial charge in [-0.05, 0) is 58.2 Å². The van der Waals surface area contributed by atoms with Gasteiger partial charge in [0.2, 0.25) is 0 Å². The molecule has 0 aliphatic carbocycles. The van der Waals surface area contributed by atoms with Gasteiger partial charge in [-0.25, -0.2) is 0 Å². The Morgan fingerprint density at radius 1 is 0.583 bits per heavy atom. The van der Waals surface area contributed by atoms with Crippen molar-refractivity contribution in [1.29, 1.82) is 0 Å². The minimum atomic E-state index is -0.188. The normalized spacial score (nSPS) is 13.4. The maximum absolute atomic E-state index is 9.35. The summed E-state index contributed by atoms with van der Waals surface area (Å²) in [6.45, 7) is 0. The summed E-state index contributed by atoms with van der Waals surface area (Å²) < 4.78 is 37.8. The smallest absolute Gasteiger partial charge is 0.0651 e. The molecule has 0 bridgehead atoms. The molecule has 2 nitrogen and oxygen atoms in total. The Kier molecular flexibility index (Phi) is 3.25. The van der Waals surface area contributed by atoms with Crippen molar-refractivity contribution in [3.05, 3.63) is 127 Å². The van der Waals surface area contributed by atoms with Crippen molar-refractivity contribution in [3.63, 3.8) is 0 Å². The third-order valence-electron chi connectivity index (χ3n) is 7.18. The number of nitrogens with one attached hydrogen (secondary N) is 1. The van der Waals surface area contributed by atoms with Gasteiger partial charge in [0.15, 0.2) is 0 Å². The molecule has 0 atom stereocenters. The largest absolute Gasteiger partial charge is 0.354 e. The van der Waals surface area contributed by atoms with Crippen LogP contribution in [0, 0.1) is 0 Å². The molecular weight excluding hydrogens is 436 g/mol. The second-order valence-electron chi connectivity index (χ2n) is 9.19. The Bertz CT molecular complexity index is 2310. The third kappa shape index (κ3) is 2.73. The van der Waals surface area contributed by atoms with E-state index in [1.807, 2.05) is 65.2 Å². The predicted molar refractivity (Wildman–Crippen MR) is 153 cm³/mol. The van der Waals surface area contributed by atoms with Gasteiger partial charge in [0.25, 0.3) is 0 Å². The van der Waals surface area contributed by atoms with Crippen molar-refractivity contribution >= 4 is 54.4 Å². The molecule has 8 aromatic rings. The van der Waals surface area contributed by atoms with Crippen LogP contribution >= 0.6 is 0 Å². The van der Waals surface area contributed by atoms with Gasteiger partial charge in [-0.1, -0.05) is 90.9 Å². The lowest BCUT2D eigenvalue weighted by Gasteiger charge is -2.11. The average Bonchev–Trinajstić information content (AvgIpc) is 3.51. The lowest BCUT2D eigenvalue weighted by atomic mass is 10.0. The molecule has 0 saturated heterocycles. The molecule has 1 N–H and O–H groups in total. The van der Waals surface area contributed by atoms with Crippen molar-refractivity contribution in [2.75, 3.05) is 0 Å². The van der Waals surface area contributed by atoms with Crippen molar-refractivity contribution in [2.24, 2.45) is 0 Å². The summed E-state index contributed by atoms with van der Waals surface area (Å²) in [4.78, 5) is 3.54. The zero-order valence-electron chi connectivity index (χ0n) is 23.3. The van der Waals surface area contributed by atoms with Gasteiger partial charge < -0.3 is 9.55 Å². The first kappa shape index (κ1) is 16.0. The predicted octanol–water partition coefficient (Wildman–Crippen LogP) is 9.24. The molecule has 2 aromatic heterocycles. The summed E-state index contributed by atoms with van der Waals surface area (Å²) in [5.74, 6) is 0. The van der Waals surface area contributed by atoms with Gasteiger partial charge in [-0.3, -0.25) is 0 Å². The van der Waals surface area contributed by atoms with E-state index >= 15 is 0 Å². The van der Waals surface area contributed by atoms with Crippen LogP contribution in [-0.4, -0.2) is 9.55 Å². The van der Waals surface area contributed by atoms with Crippen LogP contribution in [0.1, 0.15) is 5.48 Å². The number of hydrogen-bond acceptors (Lipinski definition) is 0. The van der Waals surface area contributed by atoms with E-state index in [0.29, 0.717) is 16.8 Å². The van der Waals surface area contributed by atoms with E-state index in [1.54, 1.807) is 0 Å². The minimum absolute atomic E-state index is 0.0703. The Morgan fingerprint density at radius 3 is 2.31 bits per heavy atom. The summed E-state index contributed by atoms with van der Waals surface area (Å²) in [6.07, 6.45) is 0. The quantitative estimate of drug-likeness (QED) is 0.264. The van der Waals surface area contributed by atoms with Crippen LogP contribution in [0.4, 0.5) is 0 Å². The third-order valence-corrected chi connectivity index (χ3v) is 7.18. The Balaban J connectivity index is 1.60. The van der Waals surface area contributed by atoms with Crippen LogP contribution < -0.4 is 0 Å². The summed E-state index contributed by atoms with van der Waals surface area (Å²) in [5.41, 5.74) is 5.09. The molecule has 36 heavy (non-hydrogen) atoms. The summed E-state index contributed by atoms with van der Waals surface area (Å²) in [7, 11) is 0. The lowest BCUT2D eigenvalue weighted by molar-refractivity contribution is 1.18. The molecule has 8 rings (SSSR count). The highest BCUT2D eigenvalue weighted by atomic mass is 15.0. The summed E-state index contributed by atoms with van der Waals surface area (Å²) >= 11 is 0. The summed E-state index contributed by atoms with van der Waals surface area (Å²) in [5, 5.41) is 6.51. The SMILES string of the molecule is [2H]c1c([2H])c(-c2ccccc2)c([2H])c(-n2c3cc4[nH]c5ccccc5c4cc3c3c4ccccc4ccc32)c1[2H]. The molecule has 0 unspecified atom stereocenters. The number of para-hydroxylation sites is 1. The van der Waals surface area contributed by atoms with Crippen LogP contribution in [0.2, 0.25) is 0 Å². The fourth-order valence-electron chi connectivity index (χ4n) is 5.57. The Labute approximate surface area is 213 Å². The highest BCUT2D eigenvalue weighted by Crippen LogP contribution is 2.40. The molecule has 0 aliphatic heterocycles. The van der Waals surface area contributed by atoms with Crippen molar-refractivity contribution < 1.29 is 5.48 Å². The second kappa shape index (κ2) is 7.34. The number of nitrogens with zero attached hydrogens (tertiary/aromatic N) is 1. The fraction of sp³-hybridized carbons (Fsp3) is 0. The first-order valence-electron chi connectivity index (χ1n) is 14.1. The minimum Gasteiger partial charge on any atom is -0.354 e. The van der Waals surface area contributed by atoms with Gasteiger partial charge in [-0.2, -0.15) is 0 Å². The van der Waals surface area contributed by atoms with E-state index in [0.717, 1.165) is 54.4 Å². The highest BCUT2D eigenvalue weighted by Gasteiger charge is 2.17. The lowest BCUT2D eigenvalue weighted by Crippen LogP contribution is -1.94. The maximum Gasteiger partial charge on any atom is 0.0651 e. The number of aromatic nitrogens is 2. The van der Waals surface area contributed by atoms with Gasteiger partial charge in [0.05, 0.1) is 16.5 Å². The molecule has 0 amide bonds. The van der Waals surface area contributed by atoms with Crippen molar-refractivity contribution in [2.45, 2.75) is 0 Å². The number of fused-ring (bicyclic) bond motifs is 8. The molecule has 6 aromatic carbocycles. The topological polar surface area (TPSA) is 20.7 Å².